The van der Waals surface area contributed by atoms with Gasteiger partial charge in [0, 0.05) is 31.3 Å². The zero-order valence-electron chi connectivity index (χ0n) is 18.2. The van der Waals surface area contributed by atoms with Gasteiger partial charge in [0.05, 0.1) is 17.6 Å². The van der Waals surface area contributed by atoms with Crippen LogP contribution in [0.3, 0.4) is 0 Å². The summed E-state index contributed by atoms with van der Waals surface area (Å²) in [5.41, 5.74) is -0.865. The lowest BCUT2D eigenvalue weighted by molar-refractivity contribution is -0.124. The van der Waals surface area contributed by atoms with Crippen molar-refractivity contribution in [1.29, 1.82) is 0 Å². The van der Waals surface area contributed by atoms with Gasteiger partial charge >= 0.3 is 0 Å². The SMILES string of the molecule is CC1(C)CC(CN2CCC(F)(CNC(=O)C3(c4ccc(Cl)cc4)CC3)CC2)CCO1. The molecule has 30 heavy (non-hydrogen) atoms. The lowest BCUT2D eigenvalue weighted by Crippen LogP contribution is -2.51. The Kier molecular flexibility index (Phi) is 6.17. The van der Waals surface area contributed by atoms with Gasteiger partial charge in [0.25, 0.3) is 0 Å². The standard InChI is InChI=1S/C24H34ClFN2O2/c1-22(2)15-18(7-14-30-22)16-28-12-10-23(26,11-13-28)17-27-21(29)24(8-9-24)19-3-5-20(25)6-4-19/h3-6,18H,7-17H2,1-2H3,(H,27,29). The number of carbonyl (C=O) groups is 1. The van der Waals surface area contributed by atoms with Crippen LogP contribution in [-0.4, -0.2) is 54.9 Å². The van der Waals surface area contributed by atoms with Crippen molar-refractivity contribution in [2.75, 3.05) is 32.8 Å². The number of halogens is 2. The zero-order chi connectivity index (χ0) is 21.4. The van der Waals surface area contributed by atoms with Gasteiger partial charge in [-0.1, -0.05) is 23.7 Å². The zero-order valence-corrected chi connectivity index (χ0v) is 18.9. The summed E-state index contributed by atoms with van der Waals surface area (Å²) < 4.78 is 21.2. The van der Waals surface area contributed by atoms with E-state index < -0.39 is 11.1 Å². The Morgan fingerprint density at radius 3 is 2.47 bits per heavy atom. The third-order valence-electron chi connectivity index (χ3n) is 7.21. The number of hydrogen-bond donors (Lipinski definition) is 1. The minimum atomic E-state index is -1.31. The number of hydrogen-bond acceptors (Lipinski definition) is 3. The normalized spacial score (nSPS) is 27.4. The molecule has 1 unspecified atom stereocenters. The van der Waals surface area contributed by atoms with E-state index in [9.17, 15) is 4.79 Å². The predicted octanol–water partition coefficient (Wildman–Crippen LogP) is 4.50. The molecule has 1 aromatic carbocycles. The van der Waals surface area contributed by atoms with E-state index in [1.807, 2.05) is 24.3 Å². The fourth-order valence-corrected chi connectivity index (χ4v) is 5.27. The summed E-state index contributed by atoms with van der Waals surface area (Å²) in [7, 11) is 0. The van der Waals surface area contributed by atoms with Crippen molar-refractivity contribution >= 4 is 17.5 Å². The van der Waals surface area contributed by atoms with Gasteiger partial charge in [-0.2, -0.15) is 0 Å². The number of amides is 1. The van der Waals surface area contributed by atoms with Crippen molar-refractivity contribution in [2.24, 2.45) is 5.92 Å². The number of rotatable bonds is 6. The van der Waals surface area contributed by atoms with Crippen molar-refractivity contribution in [3.63, 3.8) is 0 Å². The van der Waals surface area contributed by atoms with Gasteiger partial charge in [0.15, 0.2) is 0 Å². The van der Waals surface area contributed by atoms with E-state index in [1.165, 1.54) is 0 Å². The smallest absolute Gasteiger partial charge is 0.230 e. The molecule has 1 N–H and O–H groups in total. The monoisotopic (exact) mass is 436 g/mol. The Bertz CT molecular complexity index is 755. The summed E-state index contributed by atoms with van der Waals surface area (Å²) in [5.74, 6) is 0.573. The molecular weight excluding hydrogens is 403 g/mol. The molecule has 0 spiro atoms. The third-order valence-corrected chi connectivity index (χ3v) is 7.47. The van der Waals surface area contributed by atoms with Gasteiger partial charge in [-0.25, -0.2) is 4.39 Å². The van der Waals surface area contributed by atoms with Crippen LogP contribution in [-0.2, 0) is 14.9 Å². The fourth-order valence-electron chi connectivity index (χ4n) is 5.14. The number of nitrogens with zero attached hydrogens (tertiary/aromatic N) is 1. The number of carbonyl (C=O) groups excluding carboxylic acids is 1. The van der Waals surface area contributed by atoms with E-state index in [0.717, 1.165) is 57.5 Å². The Morgan fingerprint density at radius 2 is 1.87 bits per heavy atom. The van der Waals surface area contributed by atoms with Crippen molar-refractivity contribution < 1.29 is 13.9 Å². The van der Waals surface area contributed by atoms with Gasteiger partial charge in [0.1, 0.15) is 5.67 Å². The second kappa shape index (κ2) is 8.40. The first-order valence-electron chi connectivity index (χ1n) is 11.3. The van der Waals surface area contributed by atoms with Gasteiger partial charge in [-0.15, -0.1) is 0 Å². The molecule has 1 saturated carbocycles. The molecule has 1 amide bonds. The average molecular weight is 437 g/mol. The maximum Gasteiger partial charge on any atom is 0.230 e. The lowest BCUT2D eigenvalue weighted by atomic mass is 9.86. The number of nitrogens with one attached hydrogen (secondary N) is 1. The molecule has 6 heteroatoms. The largest absolute Gasteiger partial charge is 0.376 e. The Morgan fingerprint density at radius 1 is 1.20 bits per heavy atom. The maximum atomic E-state index is 15.4. The average Bonchev–Trinajstić information content (AvgIpc) is 3.50. The molecule has 3 aliphatic rings. The molecule has 3 fully saturated rings. The van der Waals surface area contributed by atoms with Crippen molar-refractivity contribution in [2.45, 2.75) is 69.1 Å². The van der Waals surface area contributed by atoms with Gasteiger partial charge < -0.3 is 15.0 Å². The number of alkyl halides is 1. The first-order valence-corrected chi connectivity index (χ1v) is 11.7. The molecule has 1 aliphatic carbocycles. The fraction of sp³-hybridized carbons (Fsp3) is 0.708. The second-order valence-corrected chi connectivity index (χ2v) is 10.6. The molecule has 4 nitrogen and oxygen atoms in total. The number of benzene rings is 1. The van der Waals surface area contributed by atoms with Crippen LogP contribution < -0.4 is 5.32 Å². The third kappa shape index (κ3) is 5.00. The summed E-state index contributed by atoms with van der Waals surface area (Å²) >= 11 is 5.97. The van der Waals surface area contributed by atoms with Crippen LogP contribution in [0, 0.1) is 5.92 Å². The van der Waals surface area contributed by atoms with Crippen LogP contribution in [0.2, 0.25) is 5.02 Å². The quantitative estimate of drug-likeness (QED) is 0.714. The molecule has 0 bridgehead atoms. The summed E-state index contributed by atoms with van der Waals surface area (Å²) in [5, 5.41) is 3.59. The van der Waals surface area contributed by atoms with E-state index in [1.54, 1.807) is 0 Å². The number of likely N-dealkylation sites (tertiary alicyclic amines) is 1. The minimum Gasteiger partial charge on any atom is -0.376 e. The van der Waals surface area contributed by atoms with E-state index in [4.69, 9.17) is 16.3 Å². The number of piperidine rings is 1. The Labute approximate surface area is 184 Å². The van der Waals surface area contributed by atoms with Crippen LogP contribution in [0.1, 0.15) is 57.9 Å². The first kappa shape index (κ1) is 22.0. The van der Waals surface area contributed by atoms with Crippen molar-refractivity contribution in [1.82, 2.24) is 10.2 Å². The predicted molar refractivity (Wildman–Crippen MR) is 118 cm³/mol. The lowest BCUT2D eigenvalue weighted by Gasteiger charge is -2.41. The summed E-state index contributed by atoms with van der Waals surface area (Å²) in [6, 6.07) is 7.46. The summed E-state index contributed by atoms with van der Waals surface area (Å²) in [6.45, 7) is 7.77. The number of ether oxygens (including phenoxy) is 1. The molecule has 2 saturated heterocycles. The van der Waals surface area contributed by atoms with Crippen molar-refractivity contribution in [3.05, 3.63) is 34.9 Å². The molecule has 2 heterocycles. The second-order valence-electron chi connectivity index (χ2n) is 10.2. The van der Waals surface area contributed by atoms with E-state index in [2.05, 4.69) is 24.1 Å². The molecular formula is C24H34ClFN2O2. The molecule has 166 valence electrons. The minimum absolute atomic E-state index is 0.0459. The molecule has 4 rings (SSSR count). The van der Waals surface area contributed by atoms with E-state index >= 15 is 4.39 Å². The summed E-state index contributed by atoms with van der Waals surface area (Å²) in [6.07, 6.45) is 4.74. The van der Waals surface area contributed by atoms with Gasteiger partial charge in [0.2, 0.25) is 5.91 Å². The highest BCUT2D eigenvalue weighted by Gasteiger charge is 2.51. The van der Waals surface area contributed by atoms with Crippen LogP contribution in [0.25, 0.3) is 0 Å². The van der Waals surface area contributed by atoms with E-state index in [0.29, 0.717) is 23.8 Å². The van der Waals surface area contributed by atoms with Gasteiger partial charge in [-0.3, -0.25) is 4.79 Å². The molecule has 1 aromatic rings. The van der Waals surface area contributed by atoms with E-state index in [-0.39, 0.29) is 18.1 Å². The highest BCUT2D eigenvalue weighted by Crippen LogP contribution is 2.48. The molecule has 2 aliphatic heterocycles. The van der Waals surface area contributed by atoms with Crippen LogP contribution in [0.4, 0.5) is 4.39 Å². The maximum absolute atomic E-state index is 15.4. The van der Waals surface area contributed by atoms with Crippen molar-refractivity contribution in [3.8, 4) is 0 Å². The van der Waals surface area contributed by atoms with Gasteiger partial charge in [-0.05, 0) is 76.0 Å². The first-order chi connectivity index (χ1) is 14.2. The topological polar surface area (TPSA) is 41.6 Å². The molecule has 0 aromatic heterocycles. The Balaban J connectivity index is 1.25. The molecule has 1 atom stereocenters. The summed E-state index contributed by atoms with van der Waals surface area (Å²) in [4.78, 5) is 15.2. The Hall–Kier alpha value is -1.17. The van der Waals surface area contributed by atoms with Crippen LogP contribution in [0.5, 0.6) is 0 Å². The molecule has 0 radical (unpaired) electrons. The van der Waals surface area contributed by atoms with Crippen LogP contribution in [0.15, 0.2) is 24.3 Å². The highest BCUT2D eigenvalue weighted by molar-refractivity contribution is 6.30. The highest BCUT2D eigenvalue weighted by atomic mass is 35.5. The van der Waals surface area contributed by atoms with Crippen LogP contribution >= 0.6 is 11.6 Å².